The Balaban J connectivity index is 2.47. The largest absolute Gasteiger partial charge is 0.461 e. The highest BCUT2D eigenvalue weighted by molar-refractivity contribution is 7.16. The van der Waals surface area contributed by atoms with Crippen LogP contribution in [-0.4, -0.2) is 27.4 Å². The standard InChI is InChI=1S/C8H9N3O2S/c1-3-13-8(12)6-7-11(10-9-6)5(2)4-14-7/h4H,3H2,1-2H3. The fourth-order valence-corrected chi connectivity index (χ4v) is 2.03. The Morgan fingerprint density at radius 3 is 3.21 bits per heavy atom. The number of esters is 1. The van der Waals surface area contributed by atoms with E-state index >= 15 is 0 Å². The summed E-state index contributed by atoms with van der Waals surface area (Å²) in [6, 6.07) is 0. The van der Waals surface area contributed by atoms with Gasteiger partial charge in [0.05, 0.1) is 12.3 Å². The molecule has 0 fully saturated rings. The minimum Gasteiger partial charge on any atom is -0.461 e. The zero-order chi connectivity index (χ0) is 10.1. The van der Waals surface area contributed by atoms with Gasteiger partial charge in [-0.25, -0.2) is 9.31 Å². The Kier molecular flexibility index (Phi) is 2.20. The molecule has 0 unspecified atom stereocenters. The molecule has 0 amide bonds. The van der Waals surface area contributed by atoms with Crippen LogP contribution in [0.5, 0.6) is 0 Å². The van der Waals surface area contributed by atoms with E-state index in [2.05, 4.69) is 10.3 Å². The highest BCUT2D eigenvalue weighted by Gasteiger charge is 2.17. The van der Waals surface area contributed by atoms with Crippen molar-refractivity contribution in [3.63, 3.8) is 0 Å². The Bertz CT molecular complexity index is 474. The first-order valence-corrected chi connectivity index (χ1v) is 5.08. The molecule has 0 saturated carbocycles. The van der Waals surface area contributed by atoms with Crippen molar-refractivity contribution in [2.45, 2.75) is 13.8 Å². The van der Waals surface area contributed by atoms with Gasteiger partial charge in [-0.2, -0.15) is 0 Å². The Labute approximate surface area is 84.3 Å². The van der Waals surface area contributed by atoms with Gasteiger partial charge in [-0.1, -0.05) is 5.21 Å². The van der Waals surface area contributed by atoms with Crippen LogP contribution in [0.1, 0.15) is 23.1 Å². The fourth-order valence-electron chi connectivity index (χ4n) is 1.13. The summed E-state index contributed by atoms with van der Waals surface area (Å²) in [6.07, 6.45) is 0. The topological polar surface area (TPSA) is 56.5 Å². The van der Waals surface area contributed by atoms with Crippen molar-refractivity contribution in [3.05, 3.63) is 16.8 Å². The van der Waals surface area contributed by atoms with E-state index in [9.17, 15) is 4.79 Å². The van der Waals surface area contributed by atoms with E-state index < -0.39 is 5.97 Å². The van der Waals surface area contributed by atoms with Crippen LogP contribution in [0.2, 0.25) is 0 Å². The first kappa shape index (κ1) is 9.14. The van der Waals surface area contributed by atoms with Crippen molar-refractivity contribution in [2.75, 3.05) is 6.61 Å². The molecule has 0 spiro atoms. The summed E-state index contributed by atoms with van der Waals surface area (Å²) < 4.78 is 6.49. The van der Waals surface area contributed by atoms with Gasteiger partial charge in [0, 0.05) is 5.38 Å². The maximum Gasteiger partial charge on any atom is 0.362 e. The minimum atomic E-state index is -0.413. The van der Waals surface area contributed by atoms with Crippen LogP contribution in [0.25, 0.3) is 4.83 Å². The van der Waals surface area contributed by atoms with Crippen molar-refractivity contribution in [3.8, 4) is 0 Å². The number of rotatable bonds is 2. The number of ether oxygens (including phenoxy) is 1. The lowest BCUT2D eigenvalue weighted by atomic mass is 10.5. The average Bonchev–Trinajstić information content (AvgIpc) is 2.69. The molecule has 0 N–H and O–H groups in total. The predicted molar refractivity (Wildman–Crippen MR) is 51.6 cm³/mol. The van der Waals surface area contributed by atoms with Gasteiger partial charge in [0.25, 0.3) is 0 Å². The minimum absolute atomic E-state index is 0.296. The van der Waals surface area contributed by atoms with Crippen LogP contribution >= 0.6 is 11.3 Å². The van der Waals surface area contributed by atoms with Crippen molar-refractivity contribution in [1.29, 1.82) is 0 Å². The van der Waals surface area contributed by atoms with Crippen molar-refractivity contribution >= 4 is 22.1 Å². The number of nitrogens with zero attached hydrogens (tertiary/aromatic N) is 3. The van der Waals surface area contributed by atoms with E-state index in [1.807, 2.05) is 12.3 Å². The summed E-state index contributed by atoms with van der Waals surface area (Å²) in [5.74, 6) is -0.413. The van der Waals surface area contributed by atoms with Gasteiger partial charge < -0.3 is 4.74 Å². The molecule has 0 bridgehead atoms. The molecule has 0 aliphatic carbocycles. The Morgan fingerprint density at radius 2 is 2.50 bits per heavy atom. The molecule has 74 valence electrons. The Morgan fingerprint density at radius 1 is 1.71 bits per heavy atom. The molecule has 6 heteroatoms. The van der Waals surface area contributed by atoms with Gasteiger partial charge in [0.1, 0.15) is 0 Å². The molecule has 0 aliphatic heterocycles. The summed E-state index contributed by atoms with van der Waals surface area (Å²) in [5.41, 5.74) is 1.26. The highest BCUT2D eigenvalue weighted by Crippen LogP contribution is 2.18. The quantitative estimate of drug-likeness (QED) is 0.702. The zero-order valence-corrected chi connectivity index (χ0v) is 8.67. The third-order valence-corrected chi connectivity index (χ3v) is 2.82. The first-order chi connectivity index (χ1) is 6.74. The number of hydrogen-bond donors (Lipinski definition) is 0. The summed E-state index contributed by atoms with van der Waals surface area (Å²) in [6.45, 7) is 4.02. The van der Waals surface area contributed by atoms with Gasteiger partial charge in [-0.3, -0.25) is 0 Å². The highest BCUT2D eigenvalue weighted by atomic mass is 32.1. The van der Waals surface area contributed by atoms with E-state index in [-0.39, 0.29) is 0 Å². The Hall–Kier alpha value is -1.43. The zero-order valence-electron chi connectivity index (χ0n) is 7.85. The lowest BCUT2D eigenvalue weighted by Gasteiger charge is -1.95. The molecular formula is C8H9N3O2S. The van der Waals surface area contributed by atoms with Gasteiger partial charge in [0.15, 0.2) is 4.83 Å². The molecule has 0 atom stereocenters. The summed E-state index contributed by atoms with van der Waals surface area (Å²) >= 11 is 1.44. The lowest BCUT2D eigenvalue weighted by molar-refractivity contribution is 0.0522. The van der Waals surface area contributed by atoms with Crippen molar-refractivity contribution in [1.82, 2.24) is 14.8 Å². The number of hydrogen-bond acceptors (Lipinski definition) is 5. The molecule has 0 saturated heterocycles. The molecule has 14 heavy (non-hydrogen) atoms. The van der Waals surface area contributed by atoms with E-state index in [1.165, 1.54) is 11.3 Å². The lowest BCUT2D eigenvalue weighted by Crippen LogP contribution is -2.05. The van der Waals surface area contributed by atoms with Crippen molar-refractivity contribution < 1.29 is 9.53 Å². The van der Waals surface area contributed by atoms with Crippen LogP contribution in [0.15, 0.2) is 5.38 Å². The summed E-state index contributed by atoms with van der Waals surface area (Å²) in [7, 11) is 0. The fraction of sp³-hybridized carbons (Fsp3) is 0.375. The van der Waals surface area contributed by atoms with E-state index in [0.29, 0.717) is 12.3 Å². The number of aromatic nitrogens is 3. The molecule has 2 heterocycles. The van der Waals surface area contributed by atoms with Gasteiger partial charge >= 0.3 is 5.97 Å². The van der Waals surface area contributed by atoms with Crippen LogP contribution in [0.3, 0.4) is 0 Å². The molecule has 2 rings (SSSR count). The van der Waals surface area contributed by atoms with Crippen LogP contribution in [0.4, 0.5) is 0 Å². The molecular weight excluding hydrogens is 202 g/mol. The average molecular weight is 211 g/mol. The smallest absolute Gasteiger partial charge is 0.362 e. The van der Waals surface area contributed by atoms with Crippen molar-refractivity contribution in [2.24, 2.45) is 0 Å². The molecule has 5 nitrogen and oxygen atoms in total. The molecule has 0 aromatic carbocycles. The number of fused-ring (bicyclic) bond motifs is 1. The second-order valence-corrected chi connectivity index (χ2v) is 3.61. The SMILES string of the molecule is CCOC(=O)c1nnn2c(C)csc12. The molecule has 2 aromatic heterocycles. The molecule has 0 aliphatic rings. The number of carbonyl (C=O) groups is 1. The number of carbonyl (C=O) groups excluding carboxylic acids is 1. The van der Waals surface area contributed by atoms with Gasteiger partial charge in [-0.05, 0) is 13.8 Å². The maximum atomic E-state index is 11.4. The second-order valence-electron chi connectivity index (χ2n) is 2.75. The second kappa shape index (κ2) is 3.38. The van der Waals surface area contributed by atoms with Crippen LogP contribution in [-0.2, 0) is 4.74 Å². The molecule has 0 radical (unpaired) electrons. The monoisotopic (exact) mass is 211 g/mol. The third kappa shape index (κ3) is 1.27. The predicted octanol–water partition coefficient (Wildman–Crippen LogP) is 1.28. The van der Waals surface area contributed by atoms with Crippen LogP contribution in [0, 0.1) is 6.92 Å². The third-order valence-electron chi connectivity index (χ3n) is 1.77. The van der Waals surface area contributed by atoms with Crippen LogP contribution < -0.4 is 0 Å². The summed E-state index contributed by atoms with van der Waals surface area (Å²) in [4.78, 5) is 12.1. The number of thiazole rings is 1. The first-order valence-electron chi connectivity index (χ1n) is 4.20. The van der Waals surface area contributed by atoms with E-state index in [4.69, 9.17) is 4.74 Å². The molecule has 2 aromatic rings. The van der Waals surface area contributed by atoms with E-state index in [0.717, 1.165) is 10.5 Å². The maximum absolute atomic E-state index is 11.4. The normalized spacial score (nSPS) is 10.7. The van der Waals surface area contributed by atoms with Gasteiger partial charge in [0.2, 0.25) is 5.69 Å². The summed E-state index contributed by atoms with van der Waals surface area (Å²) in [5, 5.41) is 9.56. The number of aryl methyl sites for hydroxylation is 1. The van der Waals surface area contributed by atoms with Gasteiger partial charge in [-0.15, -0.1) is 16.4 Å². The van der Waals surface area contributed by atoms with E-state index in [1.54, 1.807) is 11.4 Å².